The molecule has 0 fully saturated rings. The summed E-state index contributed by atoms with van der Waals surface area (Å²) in [6, 6.07) is 0. The van der Waals surface area contributed by atoms with Crippen LogP contribution in [-0.2, 0) is 35.0 Å². The Balaban J connectivity index is -0.0000000720. The second kappa shape index (κ2) is 16.2. The quantitative estimate of drug-likeness (QED) is 0.425. The first-order chi connectivity index (χ1) is 3.65. The molecule has 0 atom stereocenters. The Hall–Kier alpha value is 1.48. The van der Waals surface area contributed by atoms with E-state index in [1.165, 1.54) is 0 Å². The maximum absolute atomic E-state index is 7.77. The van der Waals surface area contributed by atoms with Crippen LogP contribution in [0, 0.1) is 0 Å². The molecule has 4 heteroatoms. The van der Waals surface area contributed by atoms with E-state index < -0.39 is 0 Å². The van der Waals surface area contributed by atoms with Gasteiger partial charge in [-0.15, -0.1) is 0 Å². The topological polar surface area (TPSA) is 20.2 Å². The van der Waals surface area contributed by atoms with Gasteiger partial charge in [-0.25, -0.2) is 0 Å². The van der Waals surface area contributed by atoms with Gasteiger partial charge in [0, 0.05) is 26.6 Å². The van der Waals surface area contributed by atoms with Gasteiger partial charge in [0.05, 0.1) is 0 Å². The molecule has 0 spiro atoms. The van der Waals surface area contributed by atoms with Gasteiger partial charge in [0.25, 0.3) is 0 Å². The van der Waals surface area contributed by atoms with Crippen molar-refractivity contribution in [2.75, 3.05) is 32.4 Å². The maximum Gasteiger partial charge on any atom is 1.00 e. The van der Waals surface area contributed by atoms with Crippen LogP contribution >= 0.6 is 7.92 Å². The van der Waals surface area contributed by atoms with E-state index in [0.29, 0.717) is 5.75 Å². The zero-order valence-electron chi connectivity index (χ0n) is 6.07. The van der Waals surface area contributed by atoms with Gasteiger partial charge < -0.3 is 17.7 Å². The van der Waals surface area contributed by atoms with E-state index in [1.807, 2.05) is 0 Å². The third-order valence-electron chi connectivity index (χ3n) is 0.0913. The first-order valence-electron chi connectivity index (χ1n) is 2.60. The Morgan fingerprint density at radius 1 is 1.33 bits per heavy atom. The zero-order chi connectivity index (χ0) is 6.99. The van der Waals surface area contributed by atoms with Gasteiger partial charge >= 0.3 is 22.4 Å². The molecule has 0 aliphatic rings. The molecule has 0 unspecified atom stereocenters. The van der Waals surface area contributed by atoms with Crippen LogP contribution < -0.4 is 0 Å². The normalized spacial score (nSPS) is 7.33. The molecule has 62 valence electrons. The van der Waals surface area contributed by atoms with Crippen molar-refractivity contribution in [1.82, 2.24) is 0 Å². The average Bonchev–Trinajstić information content (AvgIpc) is 1.65. The van der Waals surface area contributed by atoms with Crippen LogP contribution in [0.1, 0.15) is 0 Å². The Kier molecular flexibility index (Phi) is 30.4. The van der Waals surface area contributed by atoms with Crippen molar-refractivity contribution in [3.05, 3.63) is 0 Å². The minimum absolute atomic E-state index is 0. The number of hydrogen-bond acceptors (Lipinski definition) is 2. The second-order valence-electron chi connectivity index (χ2n) is 1.93. The Morgan fingerprint density at radius 2 is 1.44 bits per heavy atom. The van der Waals surface area contributed by atoms with Crippen molar-refractivity contribution in [1.29, 1.82) is 0 Å². The van der Waals surface area contributed by atoms with Crippen LogP contribution in [0.15, 0.2) is 0 Å². The van der Waals surface area contributed by atoms with E-state index in [1.54, 1.807) is 0 Å². The first-order valence-corrected chi connectivity index (χ1v) is 6.18. The molecule has 0 saturated heterocycles. The van der Waals surface area contributed by atoms with E-state index >= 15 is 0 Å². The van der Waals surface area contributed by atoms with Gasteiger partial charge in [-0.05, 0) is 7.92 Å². The Labute approximate surface area is 80.3 Å². The summed E-state index contributed by atoms with van der Waals surface area (Å²) in [5, 5.41) is 7.77. The number of aliphatic hydroxyl groups is 1. The minimum atomic E-state index is 0. The second-order valence-corrected chi connectivity index (χ2v) is 5.34. The van der Waals surface area contributed by atoms with Gasteiger partial charge in [0.1, 0.15) is 0 Å². The van der Waals surface area contributed by atoms with Crippen LogP contribution in [-0.4, -0.2) is 37.5 Å². The van der Waals surface area contributed by atoms with Crippen LogP contribution in [0.5, 0.6) is 0 Å². The van der Waals surface area contributed by atoms with Gasteiger partial charge in [-0.2, -0.15) is 5.75 Å². The molecule has 0 aromatic heterocycles. The molecule has 0 radical (unpaired) electrons. The fourth-order valence-corrected chi connectivity index (χ4v) is 0. The smallest absolute Gasteiger partial charge is 0.790 e. The van der Waals surface area contributed by atoms with E-state index in [0.717, 1.165) is 0 Å². The summed E-state index contributed by atoms with van der Waals surface area (Å²) < 4.78 is 0. The molecule has 0 aliphatic carbocycles. The molecule has 9 heavy (non-hydrogen) atoms. The van der Waals surface area contributed by atoms with E-state index in [2.05, 4.69) is 32.6 Å². The van der Waals surface area contributed by atoms with Crippen LogP contribution in [0.4, 0.5) is 0 Å². The van der Waals surface area contributed by atoms with Crippen LogP contribution in [0.3, 0.4) is 0 Å². The zero-order valence-corrected chi connectivity index (χ0v) is 10.1. The third-order valence-corrected chi connectivity index (χ3v) is 0.274. The fourth-order valence-electron chi connectivity index (χ4n) is 0. The van der Waals surface area contributed by atoms with Crippen molar-refractivity contribution >= 4 is 20.6 Å². The van der Waals surface area contributed by atoms with Crippen molar-refractivity contribution < 1.29 is 27.5 Å². The Morgan fingerprint density at radius 3 is 1.44 bits per heavy atom. The molecule has 0 saturated carbocycles. The van der Waals surface area contributed by atoms with Crippen molar-refractivity contribution in [2.24, 2.45) is 0 Å². The molecule has 0 heterocycles. The molecule has 0 aromatic carbocycles. The van der Waals surface area contributed by atoms with E-state index in [4.69, 9.17) is 5.11 Å². The molecule has 0 aromatic rings. The molecule has 1 nitrogen and oxygen atoms in total. The maximum atomic E-state index is 7.77. The molecular weight excluding hydrogens is 336 g/mol. The fraction of sp³-hybridized carbons (Fsp3) is 1.00. The summed E-state index contributed by atoms with van der Waals surface area (Å²) in [6.07, 6.45) is 0. The SMILES string of the molecule is C[PH+](C)C.OCC[S-].[Au+]. The van der Waals surface area contributed by atoms with Crippen molar-refractivity contribution in [3.8, 4) is 0 Å². The predicted molar refractivity (Wildman–Crippen MR) is 45.4 cm³/mol. The molecule has 1 N–H and O–H groups in total. The largest absolute Gasteiger partial charge is 1.00 e. The van der Waals surface area contributed by atoms with Crippen LogP contribution in [0.25, 0.3) is 0 Å². The average molecular weight is 351 g/mol. The van der Waals surface area contributed by atoms with E-state index in [-0.39, 0.29) is 36.9 Å². The molecule has 0 rings (SSSR count). The van der Waals surface area contributed by atoms with Crippen LogP contribution in [0.2, 0.25) is 0 Å². The standard InChI is InChI=1S/C3H9P.C2H6OS.Au/c1-4(2)3;3-1-2-4;/h1-3H3;3-4H,1-2H2;/q;;+1. The summed E-state index contributed by atoms with van der Waals surface area (Å²) >= 11 is 4.30. The van der Waals surface area contributed by atoms with Crippen molar-refractivity contribution in [3.63, 3.8) is 0 Å². The van der Waals surface area contributed by atoms with Gasteiger partial charge in [-0.3, -0.25) is 0 Å². The summed E-state index contributed by atoms with van der Waals surface area (Å²) in [7, 11) is 0.120. The number of hydrogen-bond donors (Lipinski definition) is 1. The monoisotopic (exact) mass is 351 g/mol. The van der Waals surface area contributed by atoms with E-state index in [9.17, 15) is 0 Å². The first kappa shape index (κ1) is 16.8. The van der Waals surface area contributed by atoms with Gasteiger partial charge in [-0.1, -0.05) is 0 Å². The number of aliphatic hydroxyl groups excluding tert-OH is 1. The molecule has 0 aliphatic heterocycles. The van der Waals surface area contributed by atoms with Crippen molar-refractivity contribution in [2.45, 2.75) is 0 Å². The molecular formula is C5H15AuOPS+. The summed E-state index contributed by atoms with van der Waals surface area (Å²) in [5.41, 5.74) is 0. The molecule has 0 amide bonds. The number of rotatable bonds is 1. The molecule has 0 bridgehead atoms. The summed E-state index contributed by atoms with van der Waals surface area (Å²) in [6.45, 7) is 6.94. The van der Waals surface area contributed by atoms with Gasteiger partial charge in [0.2, 0.25) is 0 Å². The summed E-state index contributed by atoms with van der Waals surface area (Å²) in [5.74, 6) is 0.458. The minimum Gasteiger partial charge on any atom is -0.790 e. The summed E-state index contributed by atoms with van der Waals surface area (Å²) in [4.78, 5) is 0. The van der Waals surface area contributed by atoms with Gasteiger partial charge in [0.15, 0.2) is 0 Å². The third kappa shape index (κ3) is 86.2. The predicted octanol–water partition coefficient (Wildman–Crippen LogP) is 0.613. The Bertz CT molecular complexity index is 33.4.